The number of H-pyrrole nitrogens is 1. The largest absolute Gasteiger partial charge is 0.383 e. The molecule has 1 aromatic rings. The zero-order valence-corrected chi connectivity index (χ0v) is 15.3. The van der Waals surface area contributed by atoms with Gasteiger partial charge < -0.3 is 29.7 Å². The number of piperazine rings is 1. The number of carbonyl (C=O) groups excluding carboxylic acids is 1. The van der Waals surface area contributed by atoms with Gasteiger partial charge in [0.15, 0.2) is 5.82 Å². The molecule has 0 bridgehead atoms. The normalized spacial score (nSPS) is 21.2. The summed E-state index contributed by atoms with van der Waals surface area (Å²) < 4.78 is 5.12. The van der Waals surface area contributed by atoms with Crippen LogP contribution in [0.2, 0.25) is 0 Å². The SMILES string of the molecule is COCCN1CC[C@@H](CNC(=O)N2CCN(c3ncc[nH]c3=O)CC2)C1. The minimum Gasteiger partial charge on any atom is -0.383 e. The van der Waals surface area contributed by atoms with Gasteiger partial charge >= 0.3 is 6.03 Å². The van der Waals surface area contributed by atoms with E-state index in [1.54, 1.807) is 13.3 Å². The second-order valence-corrected chi connectivity index (χ2v) is 6.85. The third-order valence-electron chi connectivity index (χ3n) is 5.08. The Hall–Kier alpha value is -2.13. The number of aromatic nitrogens is 2. The van der Waals surface area contributed by atoms with Gasteiger partial charge in [-0.3, -0.25) is 4.79 Å². The van der Waals surface area contributed by atoms with Crippen LogP contribution in [-0.4, -0.2) is 91.9 Å². The van der Waals surface area contributed by atoms with E-state index in [0.29, 0.717) is 44.5 Å². The molecule has 144 valence electrons. The fourth-order valence-corrected chi connectivity index (χ4v) is 3.54. The molecular weight excluding hydrogens is 336 g/mol. The summed E-state index contributed by atoms with van der Waals surface area (Å²) in [6.45, 7) is 6.91. The van der Waals surface area contributed by atoms with E-state index in [4.69, 9.17) is 4.74 Å². The number of anilines is 1. The van der Waals surface area contributed by atoms with Crippen molar-refractivity contribution in [1.82, 2.24) is 25.1 Å². The molecule has 3 heterocycles. The second kappa shape index (κ2) is 9.00. The van der Waals surface area contributed by atoms with Gasteiger partial charge in [0, 0.05) is 65.3 Å². The number of carbonyl (C=O) groups is 1. The van der Waals surface area contributed by atoms with E-state index in [0.717, 1.165) is 32.7 Å². The monoisotopic (exact) mass is 364 g/mol. The summed E-state index contributed by atoms with van der Waals surface area (Å²) in [4.78, 5) is 37.1. The van der Waals surface area contributed by atoms with Gasteiger partial charge in [0.1, 0.15) is 0 Å². The van der Waals surface area contributed by atoms with Crippen molar-refractivity contribution < 1.29 is 9.53 Å². The number of nitrogens with zero attached hydrogens (tertiary/aromatic N) is 4. The first-order valence-electron chi connectivity index (χ1n) is 9.20. The van der Waals surface area contributed by atoms with Gasteiger partial charge in [-0.05, 0) is 18.9 Å². The number of hydrogen-bond acceptors (Lipinski definition) is 6. The molecule has 2 aliphatic rings. The second-order valence-electron chi connectivity index (χ2n) is 6.85. The highest BCUT2D eigenvalue weighted by atomic mass is 16.5. The Morgan fingerprint density at radius 3 is 2.88 bits per heavy atom. The maximum atomic E-state index is 12.4. The number of aromatic amines is 1. The molecule has 0 aliphatic carbocycles. The average molecular weight is 364 g/mol. The van der Waals surface area contributed by atoms with Crippen LogP contribution in [0.3, 0.4) is 0 Å². The van der Waals surface area contributed by atoms with Crippen LogP contribution >= 0.6 is 0 Å². The molecule has 2 aliphatic heterocycles. The fraction of sp³-hybridized carbons (Fsp3) is 0.706. The van der Waals surface area contributed by atoms with Crippen LogP contribution in [0.5, 0.6) is 0 Å². The third-order valence-corrected chi connectivity index (χ3v) is 5.08. The molecule has 2 saturated heterocycles. The Morgan fingerprint density at radius 2 is 2.15 bits per heavy atom. The standard InChI is InChI=1S/C17H28N6O3/c1-26-11-10-21-5-2-14(13-21)12-20-17(25)23-8-6-22(7-9-23)15-16(24)19-4-3-18-15/h3-4,14H,2,5-13H2,1H3,(H,19,24)(H,20,25)/t14-/m0/s1. The van der Waals surface area contributed by atoms with Gasteiger partial charge in [-0.1, -0.05) is 0 Å². The van der Waals surface area contributed by atoms with Crippen molar-refractivity contribution in [3.63, 3.8) is 0 Å². The molecule has 0 radical (unpaired) electrons. The lowest BCUT2D eigenvalue weighted by Gasteiger charge is -2.35. The lowest BCUT2D eigenvalue weighted by atomic mass is 10.1. The molecule has 3 rings (SSSR count). The van der Waals surface area contributed by atoms with E-state index >= 15 is 0 Å². The highest BCUT2D eigenvalue weighted by Crippen LogP contribution is 2.15. The van der Waals surface area contributed by atoms with E-state index in [1.807, 2.05) is 9.80 Å². The predicted octanol–water partition coefficient (Wildman–Crippen LogP) is -0.430. The maximum absolute atomic E-state index is 12.4. The van der Waals surface area contributed by atoms with Crippen LogP contribution in [0.15, 0.2) is 17.2 Å². The first kappa shape index (κ1) is 18.7. The maximum Gasteiger partial charge on any atom is 0.317 e. The van der Waals surface area contributed by atoms with Crippen molar-refractivity contribution in [2.45, 2.75) is 6.42 Å². The molecule has 1 atom stereocenters. The predicted molar refractivity (Wildman–Crippen MR) is 98.5 cm³/mol. The minimum absolute atomic E-state index is 0.0186. The number of methoxy groups -OCH3 is 1. The van der Waals surface area contributed by atoms with Crippen LogP contribution in [0.4, 0.5) is 10.6 Å². The molecule has 2 amide bonds. The minimum atomic E-state index is -0.190. The molecule has 9 nitrogen and oxygen atoms in total. The molecule has 1 aromatic heterocycles. The average Bonchev–Trinajstić information content (AvgIpc) is 3.13. The van der Waals surface area contributed by atoms with Crippen molar-refractivity contribution in [2.24, 2.45) is 5.92 Å². The molecular formula is C17H28N6O3. The van der Waals surface area contributed by atoms with Crippen molar-refractivity contribution >= 4 is 11.8 Å². The Kier molecular flexibility index (Phi) is 6.45. The number of urea groups is 1. The summed E-state index contributed by atoms with van der Waals surface area (Å²) >= 11 is 0. The molecule has 0 aromatic carbocycles. The number of amides is 2. The summed E-state index contributed by atoms with van der Waals surface area (Å²) in [6, 6.07) is -0.0186. The Morgan fingerprint density at radius 1 is 1.35 bits per heavy atom. The van der Waals surface area contributed by atoms with Gasteiger partial charge in [-0.25, -0.2) is 9.78 Å². The van der Waals surface area contributed by atoms with Gasteiger partial charge in [0.2, 0.25) is 0 Å². The first-order valence-corrected chi connectivity index (χ1v) is 9.20. The van der Waals surface area contributed by atoms with Crippen LogP contribution < -0.4 is 15.8 Å². The summed E-state index contributed by atoms with van der Waals surface area (Å²) in [5.74, 6) is 0.929. The summed E-state index contributed by atoms with van der Waals surface area (Å²) in [5, 5.41) is 3.06. The summed E-state index contributed by atoms with van der Waals surface area (Å²) in [7, 11) is 1.72. The van der Waals surface area contributed by atoms with Crippen LogP contribution in [0.1, 0.15) is 6.42 Å². The highest BCUT2D eigenvalue weighted by Gasteiger charge is 2.26. The number of nitrogens with one attached hydrogen (secondary N) is 2. The Labute approximate surface area is 153 Å². The third kappa shape index (κ3) is 4.73. The molecule has 2 fully saturated rings. The van der Waals surface area contributed by atoms with Crippen molar-refractivity contribution in [3.05, 3.63) is 22.7 Å². The van der Waals surface area contributed by atoms with Gasteiger partial charge in [0.25, 0.3) is 5.56 Å². The Bertz CT molecular complexity index is 643. The van der Waals surface area contributed by atoms with Gasteiger partial charge in [-0.15, -0.1) is 0 Å². The smallest absolute Gasteiger partial charge is 0.317 e. The van der Waals surface area contributed by atoms with E-state index in [-0.39, 0.29) is 11.6 Å². The summed E-state index contributed by atoms with van der Waals surface area (Å²) in [6.07, 6.45) is 4.21. The molecule has 0 saturated carbocycles. The van der Waals surface area contributed by atoms with Crippen molar-refractivity contribution in [3.8, 4) is 0 Å². The van der Waals surface area contributed by atoms with Gasteiger partial charge in [-0.2, -0.15) is 0 Å². The van der Waals surface area contributed by atoms with E-state index in [9.17, 15) is 9.59 Å². The zero-order chi connectivity index (χ0) is 18.4. The molecule has 26 heavy (non-hydrogen) atoms. The van der Waals surface area contributed by atoms with E-state index < -0.39 is 0 Å². The molecule has 2 N–H and O–H groups in total. The lowest BCUT2D eigenvalue weighted by Crippen LogP contribution is -2.53. The fourth-order valence-electron chi connectivity index (χ4n) is 3.54. The van der Waals surface area contributed by atoms with E-state index in [2.05, 4.69) is 20.2 Å². The molecule has 0 spiro atoms. The van der Waals surface area contributed by atoms with Gasteiger partial charge in [0.05, 0.1) is 6.61 Å². The quantitative estimate of drug-likeness (QED) is 0.711. The molecule has 9 heteroatoms. The van der Waals surface area contributed by atoms with Crippen LogP contribution in [-0.2, 0) is 4.74 Å². The first-order chi connectivity index (χ1) is 12.7. The van der Waals surface area contributed by atoms with Crippen molar-refractivity contribution in [2.75, 3.05) is 71.0 Å². The zero-order valence-electron chi connectivity index (χ0n) is 15.3. The number of likely N-dealkylation sites (tertiary alicyclic amines) is 1. The molecule has 0 unspecified atom stereocenters. The Balaban J connectivity index is 1.39. The number of ether oxygens (including phenoxy) is 1. The highest BCUT2D eigenvalue weighted by molar-refractivity contribution is 5.74. The topological polar surface area (TPSA) is 93.8 Å². The van der Waals surface area contributed by atoms with Crippen LogP contribution in [0.25, 0.3) is 0 Å². The van der Waals surface area contributed by atoms with Crippen LogP contribution in [0, 0.1) is 5.92 Å². The number of hydrogen-bond donors (Lipinski definition) is 2. The van der Waals surface area contributed by atoms with E-state index in [1.165, 1.54) is 6.20 Å². The van der Waals surface area contributed by atoms with Crippen molar-refractivity contribution in [1.29, 1.82) is 0 Å². The number of rotatable bonds is 6. The summed E-state index contributed by atoms with van der Waals surface area (Å²) in [5.41, 5.74) is -0.190. The lowest BCUT2D eigenvalue weighted by molar-refractivity contribution is 0.158.